The first kappa shape index (κ1) is 14.0. The molecule has 3 rings (SSSR count). The summed E-state index contributed by atoms with van der Waals surface area (Å²) in [7, 11) is 1.68. The third-order valence-electron chi connectivity index (χ3n) is 4.28. The van der Waals surface area contributed by atoms with Gasteiger partial charge in [0, 0.05) is 37.7 Å². The molecule has 0 N–H and O–H groups in total. The Hall–Kier alpha value is -0.910. The molecule has 0 aliphatic carbocycles. The molecule has 0 saturated carbocycles. The van der Waals surface area contributed by atoms with Crippen molar-refractivity contribution in [3.05, 3.63) is 21.9 Å². The molecule has 0 radical (unpaired) electrons. The first-order valence-electron chi connectivity index (χ1n) is 7.39. The quantitative estimate of drug-likeness (QED) is 0.857. The number of hydrogen-bond acceptors (Lipinski definition) is 4. The van der Waals surface area contributed by atoms with Gasteiger partial charge in [0.1, 0.15) is 0 Å². The Labute approximate surface area is 124 Å². The third kappa shape index (κ3) is 2.90. The molecule has 1 aromatic rings. The van der Waals surface area contributed by atoms with Gasteiger partial charge in [0.15, 0.2) is 0 Å². The van der Waals surface area contributed by atoms with Crippen molar-refractivity contribution in [2.75, 3.05) is 33.3 Å². The first-order chi connectivity index (χ1) is 9.78. The Bertz CT molecular complexity index is 474. The van der Waals surface area contributed by atoms with Gasteiger partial charge in [-0.15, -0.1) is 11.3 Å². The van der Waals surface area contributed by atoms with Crippen molar-refractivity contribution in [1.29, 1.82) is 0 Å². The van der Waals surface area contributed by atoms with Gasteiger partial charge in [-0.05, 0) is 31.5 Å². The molecule has 1 atom stereocenters. The number of methoxy groups -OCH3 is 1. The molecule has 20 heavy (non-hydrogen) atoms. The van der Waals surface area contributed by atoms with Gasteiger partial charge in [-0.2, -0.15) is 0 Å². The number of rotatable bonds is 3. The zero-order chi connectivity index (χ0) is 13.9. The van der Waals surface area contributed by atoms with Crippen molar-refractivity contribution < 1.29 is 9.53 Å². The number of amides is 1. The SMILES string of the molecule is COCc1ccc(C(=O)N2CCN3CCCC[C@H]3C2)s1. The molecule has 0 bridgehead atoms. The van der Waals surface area contributed by atoms with E-state index in [1.54, 1.807) is 18.4 Å². The summed E-state index contributed by atoms with van der Waals surface area (Å²) in [5.41, 5.74) is 0. The maximum Gasteiger partial charge on any atom is 0.264 e. The van der Waals surface area contributed by atoms with Crippen LogP contribution in [0.3, 0.4) is 0 Å². The van der Waals surface area contributed by atoms with Crippen molar-refractivity contribution in [2.45, 2.75) is 31.9 Å². The van der Waals surface area contributed by atoms with Gasteiger partial charge >= 0.3 is 0 Å². The molecule has 2 saturated heterocycles. The molecule has 5 heteroatoms. The van der Waals surface area contributed by atoms with Crippen LogP contribution in [0.2, 0.25) is 0 Å². The number of thiophene rings is 1. The van der Waals surface area contributed by atoms with Gasteiger partial charge in [0.05, 0.1) is 11.5 Å². The molecular weight excluding hydrogens is 272 g/mol. The predicted octanol–water partition coefficient (Wildman–Crippen LogP) is 2.20. The number of piperazine rings is 1. The fourth-order valence-corrected chi connectivity index (χ4v) is 4.16. The van der Waals surface area contributed by atoms with E-state index in [-0.39, 0.29) is 5.91 Å². The number of ether oxygens (including phenoxy) is 1. The lowest BCUT2D eigenvalue weighted by Gasteiger charge is -2.43. The number of hydrogen-bond donors (Lipinski definition) is 0. The minimum Gasteiger partial charge on any atom is -0.379 e. The Morgan fingerprint density at radius 1 is 1.35 bits per heavy atom. The largest absolute Gasteiger partial charge is 0.379 e. The monoisotopic (exact) mass is 294 g/mol. The fraction of sp³-hybridized carbons (Fsp3) is 0.667. The molecule has 4 nitrogen and oxygen atoms in total. The van der Waals surface area contributed by atoms with Gasteiger partial charge in [-0.1, -0.05) is 6.42 Å². The lowest BCUT2D eigenvalue weighted by molar-refractivity contribution is 0.0376. The minimum absolute atomic E-state index is 0.197. The van der Waals surface area contributed by atoms with Crippen LogP contribution >= 0.6 is 11.3 Å². The lowest BCUT2D eigenvalue weighted by Crippen LogP contribution is -2.56. The summed E-state index contributed by atoms with van der Waals surface area (Å²) in [6.45, 7) is 4.61. The van der Waals surface area contributed by atoms with Crippen LogP contribution in [0, 0.1) is 0 Å². The second kappa shape index (κ2) is 6.24. The molecule has 0 unspecified atom stereocenters. The van der Waals surface area contributed by atoms with E-state index >= 15 is 0 Å². The van der Waals surface area contributed by atoms with Gasteiger partial charge in [-0.3, -0.25) is 9.69 Å². The average molecular weight is 294 g/mol. The standard InChI is InChI=1S/C15H22N2O2S/c1-19-11-13-5-6-14(20-13)15(18)17-9-8-16-7-3-2-4-12(16)10-17/h5-6,12H,2-4,7-11H2,1H3/t12-/m0/s1. The molecular formula is C15H22N2O2S. The highest BCUT2D eigenvalue weighted by Gasteiger charge is 2.31. The smallest absolute Gasteiger partial charge is 0.264 e. The minimum atomic E-state index is 0.197. The summed E-state index contributed by atoms with van der Waals surface area (Å²) in [5.74, 6) is 0.197. The Kier molecular flexibility index (Phi) is 4.38. The Morgan fingerprint density at radius 3 is 3.10 bits per heavy atom. The van der Waals surface area contributed by atoms with Gasteiger partial charge in [0.25, 0.3) is 5.91 Å². The van der Waals surface area contributed by atoms with Gasteiger partial charge in [-0.25, -0.2) is 0 Å². The topological polar surface area (TPSA) is 32.8 Å². The molecule has 0 aromatic carbocycles. The number of carbonyl (C=O) groups excluding carboxylic acids is 1. The Morgan fingerprint density at radius 2 is 2.25 bits per heavy atom. The molecule has 2 fully saturated rings. The maximum atomic E-state index is 12.6. The van der Waals surface area contributed by atoms with Crippen LogP contribution in [0.4, 0.5) is 0 Å². The van der Waals surface area contributed by atoms with Crippen molar-refractivity contribution >= 4 is 17.2 Å². The highest BCUT2D eigenvalue weighted by molar-refractivity contribution is 7.14. The predicted molar refractivity (Wildman–Crippen MR) is 80.1 cm³/mol. The second-order valence-electron chi connectivity index (χ2n) is 5.64. The van der Waals surface area contributed by atoms with Crippen LogP contribution in [0.25, 0.3) is 0 Å². The van der Waals surface area contributed by atoms with Crippen LogP contribution in [0.5, 0.6) is 0 Å². The molecule has 1 amide bonds. The van der Waals surface area contributed by atoms with Crippen LogP contribution < -0.4 is 0 Å². The van der Waals surface area contributed by atoms with E-state index in [0.29, 0.717) is 12.6 Å². The molecule has 2 aliphatic heterocycles. The van der Waals surface area contributed by atoms with E-state index in [1.165, 1.54) is 25.8 Å². The number of carbonyl (C=O) groups is 1. The number of piperidine rings is 1. The number of fused-ring (bicyclic) bond motifs is 1. The summed E-state index contributed by atoms with van der Waals surface area (Å²) in [5, 5.41) is 0. The molecule has 3 heterocycles. The van der Waals surface area contributed by atoms with Crippen molar-refractivity contribution in [3.8, 4) is 0 Å². The van der Waals surface area contributed by atoms with Crippen molar-refractivity contribution in [2.24, 2.45) is 0 Å². The van der Waals surface area contributed by atoms with E-state index < -0.39 is 0 Å². The fourth-order valence-electron chi connectivity index (χ4n) is 3.21. The van der Waals surface area contributed by atoms with Crippen molar-refractivity contribution in [3.63, 3.8) is 0 Å². The van der Waals surface area contributed by atoms with Crippen LogP contribution in [0.15, 0.2) is 12.1 Å². The molecule has 110 valence electrons. The van der Waals surface area contributed by atoms with E-state index in [1.807, 2.05) is 17.0 Å². The molecule has 0 spiro atoms. The summed E-state index contributed by atoms with van der Waals surface area (Å²) < 4.78 is 5.12. The molecule has 2 aliphatic rings. The van der Waals surface area contributed by atoms with Gasteiger partial charge < -0.3 is 9.64 Å². The first-order valence-corrected chi connectivity index (χ1v) is 8.20. The summed E-state index contributed by atoms with van der Waals surface area (Å²) in [6, 6.07) is 4.52. The lowest BCUT2D eigenvalue weighted by atomic mass is 9.99. The zero-order valence-electron chi connectivity index (χ0n) is 12.0. The average Bonchev–Trinajstić information content (AvgIpc) is 2.95. The zero-order valence-corrected chi connectivity index (χ0v) is 12.8. The van der Waals surface area contributed by atoms with Crippen LogP contribution in [-0.4, -0.2) is 55.0 Å². The van der Waals surface area contributed by atoms with E-state index in [4.69, 9.17) is 4.74 Å². The van der Waals surface area contributed by atoms with Crippen LogP contribution in [0.1, 0.15) is 33.8 Å². The maximum absolute atomic E-state index is 12.6. The molecule has 1 aromatic heterocycles. The van der Waals surface area contributed by atoms with Crippen LogP contribution in [-0.2, 0) is 11.3 Å². The normalized spacial score (nSPS) is 23.6. The van der Waals surface area contributed by atoms with Crippen molar-refractivity contribution in [1.82, 2.24) is 9.80 Å². The second-order valence-corrected chi connectivity index (χ2v) is 6.80. The highest BCUT2D eigenvalue weighted by atomic mass is 32.1. The Balaban J connectivity index is 1.64. The van der Waals surface area contributed by atoms with E-state index in [0.717, 1.165) is 29.4 Å². The third-order valence-corrected chi connectivity index (χ3v) is 5.33. The van der Waals surface area contributed by atoms with E-state index in [2.05, 4.69) is 4.90 Å². The summed E-state index contributed by atoms with van der Waals surface area (Å²) >= 11 is 1.56. The number of nitrogens with zero attached hydrogens (tertiary/aromatic N) is 2. The summed E-state index contributed by atoms with van der Waals surface area (Å²) in [4.78, 5) is 19.1. The highest BCUT2D eigenvalue weighted by Crippen LogP contribution is 2.24. The van der Waals surface area contributed by atoms with Gasteiger partial charge in [0.2, 0.25) is 0 Å². The summed E-state index contributed by atoms with van der Waals surface area (Å²) in [6.07, 6.45) is 3.86. The van der Waals surface area contributed by atoms with E-state index in [9.17, 15) is 4.79 Å².